The van der Waals surface area contributed by atoms with Gasteiger partial charge in [0.15, 0.2) is 5.78 Å². The minimum Gasteiger partial charge on any atom is -0.356 e. The highest BCUT2D eigenvalue weighted by atomic mass is 16.1. The number of hydrogen-bond acceptors (Lipinski definition) is 3. The number of Topliss-reactive ketones (excluding diaryl/α,β-unsaturated/α-hetero) is 1. The molecule has 0 aliphatic heterocycles. The lowest BCUT2D eigenvalue weighted by Crippen LogP contribution is -2.21. The summed E-state index contributed by atoms with van der Waals surface area (Å²) >= 11 is 0. The van der Waals surface area contributed by atoms with Crippen LogP contribution in [0.5, 0.6) is 0 Å². The first-order valence-electron chi connectivity index (χ1n) is 6.56. The summed E-state index contributed by atoms with van der Waals surface area (Å²) in [5, 5.41) is 3.22. The number of benzene rings is 1. The van der Waals surface area contributed by atoms with Crippen molar-refractivity contribution in [2.75, 3.05) is 5.32 Å². The third-order valence-corrected chi connectivity index (χ3v) is 2.91. The average molecular weight is 254 g/mol. The Bertz CT molecular complexity index is 511. The maximum atomic E-state index is 12.3. The Labute approximate surface area is 113 Å². The van der Waals surface area contributed by atoms with E-state index in [0.717, 1.165) is 17.8 Å². The van der Waals surface area contributed by atoms with Crippen molar-refractivity contribution in [1.82, 2.24) is 4.98 Å². The summed E-state index contributed by atoms with van der Waals surface area (Å²) in [4.78, 5) is 16.5. The van der Waals surface area contributed by atoms with Crippen molar-refractivity contribution in [2.45, 2.75) is 25.8 Å². The summed E-state index contributed by atoms with van der Waals surface area (Å²) in [6, 6.07) is 15.1. The highest BCUT2D eigenvalue weighted by Crippen LogP contribution is 2.20. The smallest absolute Gasteiger partial charge is 0.159 e. The van der Waals surface area contributed by atoms with Gasteiger partial charge >= 0.3 is 0 Å². The number of pyridine rings is 1. The van der Waals surface area contributed by atoms with E-state index >= 15 is 0 Å². The second-order valence-electron chi connectivity index (χ2n) is 4.42. The van der Waals surface area contributed by atoms with Gasteiger partial charge in [0, 0.05) is 12.6 Å². The van der Waals surface area contributed by atoms with Crippen molar-refractivity contribution >= 4 is 11.6 Å². The van der Waals surface area contributed by atoms with Crippen molar-refractivity contribution in [3.05, 3.63) is 60.3 Å². The quantitative estimate of drug-likeness (QED) is 0.856. The number of hydrogen-bond donors (Lipinski definition) is 1. The summed E-state index contributed by atoms with van der Waals surface area (Å²) in [6.45, 7) is 2.01. The van der Waals surface area contributed by atoms with Crippen LogP contribution in [0.4, 0.5) is 5.82 Å². The minimum atomic E-state index is -0.323. The third-order valence-electron chi connectivity index (χ3n) is 2.91. The maximum absolute atomic E-state index is 12.3. The number of rotatable bonds is 6. The Morgan fingerprint density at radius 3 is 2.53 bits per heavy atom. The van der Waals surface area contributed by atoms with Crippen LogP contribution in [0.1, 0.15) is 31.4 Å². The van der Waals surface area contributed by atoms with Gasteiger partial charge in [0.1, 0.15) is 11.9 Å². The first-order valence-corrected chi connectivity index (χ1v) is 6.56. The molecule has 98 valence electrons. The molecule has 1 N–H and O–H groups in total. The summed E-state index contributed by atoms with van der Waals surface area (Å²) in [5.41, 5.74) is 0.978. The number of carbonyl (C=O) groups is 1. The van der Waals surface area contributed by atoms with Gasteiger partial charge in [-0.2, -0.15) is 0 Å². The summed E-state index contributed by atoms with van der Waals surface area (Å²) in [7, 11) is 0. The van der Waals surface area contributed by atoms with Gasteiger partial charge in [-0.05, 0) is 24.1 Å². The van der Waals surface area contributed by atoms with Crippen molar-refractivity contribution in [1.29, 1.82) is 0 Å². The van der Waals surface area contributed by atoms with E-state index in [1.165, 1.54) is 0 Å². The summed E-state index contributed by atoms with van der Waals surface area (Å²) in [5.74, 6) is 0.917. The molecule has 0 bridgehead atoms. The average Bonchev–Trinajstić information content (AvgIpc) is 2.47. The molecule has 0 fully saturated rings. The molecule has 0 saturated carbocycles. The topological polar surface area (TPSA) is 42.0 Å². The van der Waals surface area contributed by atoms with Crippen LogP contribution in [-0.4, -0.2) is 10.8 Å². The van der Waals surface area contributed by atoms with E-state index in [2.05, 4.69) is 10.3 Å². The summed E-state index contributed by atoms with van der Waals surface area (Å²) in [6.07, 6.45) is 3.14. The van der Waals surface area contributed by atoms with Gasteiger partial charge in [-0.1, -0.05) is 43.3 Å². The van der Waals surface area contributed by atoms with Gasteiger partial charge in [0.25, 0.3) is 0 Å². The Morgan fingerprint density at radius 1 is 1.16 bits per heavy atom. The predicted octanol–water partition coefficient (Wildman–Crippen LogP) is 3.60. The number of nitrogens with zero attached hydrogens (tertiary/aromatic N) is 1. The van der Waals surface area contributed by atoms with E-state index in [1.807, 2.05) is 55.5 Å². The van der Waals surface area contributed by atoms with Crippen LogP contribution in [0.25, 0.3) is 0 Å². The van der Waals surface area contributed by atoms with E-state index in [0.29, 0.717) is 6.42 Å². The number of nitrogens with one attached hydrogen (secondary N) is 1. The molecule has 19 heavy (non-hydrogen) atoms. The fraction of sp³-hybridized carbons (Fsp3) is 0.250. The zero-order valence-corrected chi connectivity index (χ0v) is 11.0. The largest absolute Gasteiger partial charge is 0.356 e. The van der Waals surface area contributed by atoms with Gasteiger partial charge < -0.3 is 5.32 Å². The molecular formula is C16H18N2O. The third kappa shape index (κ3) is 3.65. The van der Waals surface area contributed by atoms with Crippen LogP contribution in [-0.2, 0) is 4.79 Å². The molecule has 0 aliphatic rings. The number of carbonyl (C=O) groups excluding carboxylic acids is 1. The van der Waals surface area contributed by atoms with Gasteiger partial charge in [0.05, 0.1) is 0 Å². The Kier molecular flexibility index (Phi) is 4.67. The van der Waals surface area contributed by atoms with Crippen LogP contribution in [0.15, 0.2) is 54.7 Å². The summed E-state index contributed by atoms with van der Waals surface area (Å²) < 4.78 is 0. The van der Waals surface area contributed by atoms with Crippen LogP contribution in [0.3, 0.4) is 0 Å². The van der Waals surface area contributed by atoms with Crippen molar-refractivity contribution in [3.8, 4) is 0 Å². The van der Waals surface area contributed by atoms with Crippen LogP contribution in [0.2, 0.25) is 0 Å². The molecule has 1 aromatic heterocycles. The van der Waals surface area contributed by atoms with Gasteiger partial charge in [-0.15, -0.1) is 0 Å². The maximum Gasteiger partial charge on any atom is 0.159 e. The predicted molar refractivity (Wildman–Crippen MR) is 77.0 cm³/mol. The van der Waals surface area contributed by atoms with Gasteiger partial charge in [-0.3, -0.25) is 4.79 Å². The van der Waals surface area contributed by atoms with E-state index in [1.54, 1.807) is 6.20 Å². The second-order valence-corrected chi connectivity index (χ2v) is 4.42. The molecule has 0 saturated heterocycles. The standard InChI is InChI=1S/C16H18N2O/c1-2-8-14(19)16(13-9-4-3-5-10-13)18-15-11-6-7-12-17-15/h3-7,9-12,16H,2,8H2,1H3,(H,17,18). The highest BCUT2D eigenvalue weighted by molar-refractivity contribution is 5.87. The molecule has 0 amide bonds. The zero-order chi connectivity index (χ0) is 13.5. The minimum absolute atomic E-state index is 0.194. The van der Waals surface area contributed by atoms with Gasteiger partial charge in [0.2, 0.25) is 0 Å². The van der Waals surface area contributed by atoms with Crippen LogP contribution >= 0.6 is 0 Å². The van der Waals surface area contributed by atoms with Gasteiger partial charge in [-0.25, -0.2) is 4.98 Å². The lowest BCUT2D eigenvalue weighted by Gasteiger charge is -2.18. The monoisotopic (exact) mass is 254 g/mol. The second kappa shape index (κ2) is 6.69. The molecule has 3 nitrogen and oxygen atoms in total. The Balaban J connectivity index is 2.22. The SMILES string of the molecule is CCCC(=O)C(Nc1ccccn1)c1ccccc1. The molecule has 1 unspecified atom stereocenters. The molecule has 0 radical (unpaired) electrons. The molecule has 0 spiro atoms. The molecular weight excluding hydrogens is 236 g/mol. The van der Waals surface area contributed by atoms with E-state index in [-0.39, 0.29) is 11.8 Å². The first kappa shape index (κ1) is 13.3. The van der Waals surface area contributed by atoms with Crippen molar-refractivity contribution in [2.24, 2.45) is 0 Å². The lowest BCUT2D eigenvalue weighted by molar-refractivity contribution is -0.119. The number of anilines is 1. The fourth-order valence-electron chi connectivity index (χ4n) is 1.98. The molecule has 1 atom stereocenters. The van der Waals surface area contributed by atoms with Crippen molar-refractivity contribution < 1.29 is 4.79 Å². The fourth-order valence-corrected chi connectivity index (χ4v) is 1.98. The first-order chi connectivity index (χ1) is 9.31. The normalized spacial score (nSPS) is 11.8. The van der Waals surface area contributed by atoms with Crippen molar-refractivity contribution in [3.63, 3.8) is 0 Å². The highest BCUT2D eigenvalue weighted by Gasteiger charge is 2.19. The molecule has 2 rings (SSSR count). The molecule has 2 aromatic rings. The molecule has 1 aromatic carbocycles. The van der Waals surface area contributed by atoms with E-state index < -0.39 is 0 Å². The zero-order valence-electron chi connectivity index (χ0n) is 11.0. The lowest BCUT2D eigenvalue weighted by atomic mass is 10.00. The number of aromatic nitrogens is 1. The van der Waals surface area contributed by atoms with Crippen LogP contribution < -0.4 is 5.32 Å². The molecule has 3 heteroatoms. The Hall–Kier alpha value is -2.16. The van der Waals surface area contributed by atoms with E-state index in [4.69, 9.17) is 0 Å². The number of ketones is 1. The van der Waals surface area contributed by atoms with Crippen LogP contribution in [0, 0.1) is 0 Å². The molecule has 0 aliphatic carbocycles. The molecule has 1 heterocycles. The Morgan fingerprint density at radius 2 is 1.89 bits per heavy atom. The van der Waals surface area contributed by atoms with E-state index in [9.17, 15) is 4.79 Å².